The van der Waals surface area contributed by atoms with Crippen LogP contribution in [0.25, 0.3) is 33.0 Å². The van der Waals surface area contributed by atoms with E-state index in [9.17, 15) is 0 Å². The van der Waals surface area contributed by atoms with Gasteiger partial charge in [-0.3, -0.25) is 0 Å². The molecular weight excluding hydrogens is 941 g/mol. The van der Waals surface area contributed by atoms with Crippen LogP contribution in [0.5, 0.6) is 0 Å². The first-order valence-corrected chi connectivity index (χ1v) is 25.6. The van der Waals surface area contributed by atoms with Crippen molar-refractivity contribution in [2.24, 2.45) is 5.41 Å². The number of halogens is 2. The fraction of sp³-hybridized carbons (Fsp3) is 0.292. The Balaban J connectivity index is 1.46. The molecule has 9 rings (SSSR count). The van der Waals surface area contributed by atoms with Crippen LogP contribution in [0.3, 0.4) is 0 Å². The van der Waals surface area contributed by atoms with Gasteiger partial charge in [-0.1, -0.05) is 243 Å². The molecule has 0 saturated heterocycles. The summed E-state index contributed by atoms with van der Waals surface area (Å²) in [5.74, 6) is 0. The fourth-order valence-corrected chi connectivity index (χ4v) is 11.8. The summed E-state index contributed by atoms with van der Waals surface area (Å²) in [5, 5.41) is 2.57. The van der Waals surface area contributed by atoms with Gasteiger partial charge in [0.25, 0.3) is 0 Å². The lowest BCUT2D eigenvalue weighted by Gasteiger charge is -2.44. The van der Waals surface area contributed by atoms with Crippen LogP contribution in [0.15, 0.2) is 178 Å². The Hall–Kier alpha value is -5.02. The van der Waals surface area contributed by atoms with Crippen molar-refractivity contribution in [2.45, 2.75) is 117 Å². The molecule has 0 radical (unpaired) electrons. The molecule has 1 unspecified atom stereocenters. The van der Waals surface area contributed by atoms with E-state index in [1.165, 1.54) is 94.2 Å². The van der Waals surface area contributed by atoms with Gasteiger partial charge in [-0.2, -0.15) is 0 Å². The largest absolute Gasteiger partial charge is 0.0953 e. The Morgan fingerprint density at radius 3 is 1.43 bits per heavy atom. The summed E-state index contributed by atoms with van der Waals surface area (Å²) in [4.78, 5) is 0. The highest BCUT2D eigenvalue weighted by Gasteiger charge is 2.51. The molecule has 0 saturated carbocycles. The predicted octanol–water partition coefficient (Wildman–Crippen LogP) is 19.0. The van der Waals surface area contributed by atoms with Gasteiger partial charge in [0, 0.05) is 8.95 Å². The Morgan fingerprint density at radius 2 is 0.955 bits per heavy atom. The maximum absolute atomic E-state index is 4.58. The van der Waals surface area contributed by atoms with Crippen molar-refractivity contribution in [3.63, 3.8) is 0 Å². The number of hydrogen-bond donors (Lipinski definition) is 0. The SMILES string of the molecule is C=C(/C=C\C(=C/C)C1(c2ccc(C(C)(C)C)cc2)c2cc(Br)ccc2-c2cc3c(c4cccc1c24)-c1ccc(Br)cc1C3(c1ccc(C(C)(C)C)cc1)c1ccc(C(C)(C)C)cc1)C(C)(C)C. The minimum Gasteiger partial charge on any atom is -0.0953 e. The van der Waals surface area contributed by atoms with Crippen molar-refractivity contribution >= 4 is 42.6 Å². The zero-order valence-electron chi connectivity index (χ0n) is 41.9. The molecule has 0 bridgehead atoms. The summed E-state index contributed by atoms with van der Waals surface area (Å²) in [5.41, 5.74) is 19.0. The van der Waals surface area contributed by atoms with E-state index in [4.69, 9.17) is 0 Å². The summed E-state index contributed by atoms with van der Waals surface area (Å²) >= 11 is 8.03. The first-order valence-electron chi connectivity index (χ1n) is 24.0. The molecule has 2 aliphatic rings. The second-order valence-corrected chi connectivity index (χ2v) is 25.1. The van der Waals surface area contributed by atoms with Crippen LogP contribution in [0.1, 0.15) is 146 Å². The first kappa shape index (κ1) is 47.1. The number of allylic oxidation sites excluding steroid dienone is 5. The Morgan fingerprint density at radius 1 is 0.478 bits per heavy atom. The maximum atomic E-state index is 4.58. The Kier molecular flexibility index (Phi) is 11.5. The first-order chi connectivity index (χ1) is 31.4. The average molecular weight is 1010 g/mol. The third-order valence-electron chi connectivity index (χ3n) is 15.0. The predicted molar refractivity (Wildman–Crippen MR) is 296 cm³/mol. The van der Waals surface area contributed by atoms with Gasteiger partial charge in [0.05, 0.1) is 10.8 Å². The zero-order chi connectivity index (χ0) is 48.2. The highest BCUT2D eigenvalue weighted by molar-refractivity contribution is 9.10. The van der Waals surface area contributed by atoms with Crippen LogP contribution in [0.4, 0.5) is 0 Å². The molecular formula is C65H66Br2. The van der Waals surface area contributed by atoms with E-state index in [2.05, 4.69) is 280 Å². The average Bonchev–Trinajstić information content (AvgIpc) is 3.56. The lowest BCUT2D eigenvalue weighted by molar-refractivity contribution is 0.519. The minimum atomic E-state index is -0.663. The van der Waals surface area contributed by atoms with Gasteiger partial charge in [0.1, 0.15) is 0 Å². The van der Waals surface area contributed by atoms with Crippen LogP contribution in [-0.4, -0.2) is 0 Å². The fourth-order valence-electron chi connectivity index (χ4n) is 11.1. The Labute approximate surface area is 418 Å². The van der Waals surface area contributed by atoms with Crippen LogP contribution in [-0.2, 0) is 27.1 Å². The van der Waals surface area contributed by atoms with E-state index in [0.29, 0.717) is 0 Å². The second-order valence-electron chi connectivity index (χ2n) is 23.3. The highest BCUT2D eigenvalue weighted by Crippen LogP contribution is 2.63. The van der Waals surface area contributed by atoms with Crippen molar-refractivity contribution in [2.75, 3.05) is 0 Å². The van der Waals surface area contributed by atoms with E-state index in [-0.39, 0.29) is 21.7 Å². The van der Waals surface area contributed by atoms with Gasteiger partial charge < -0.3 is 0 Å². The van der Waals surface area contributed by atoms with Crippen molar-refractivity contribution < 1.29 is 0 Å². The monoisotopic (exact) mass is 1000 g/mol. The van der Waals surface area contributed by atoms with E-state index < -0.39 is 10.8 Å². The molecule has 0 nitrogen and oxygen atoms in total. The van der Waals surface area contributed by atoms with Crippen LogP contribution >= 0.6 is 31.9 Å². The highest BCUT2D eigenvalue weighted by atomic mass is 79.9. The van der Waals surface area contributed by atoms with Gasteiger partial charge in [0.2, 0.25) is 0 Å². The van der Waals surface area contributed by atoms with Crippen LogP contribution in [0, 0.1) is 5.41 Å². The molecule has 0 amide bonds. The smallest absolute Gasteiger partial charge is 0.0714 e. The van der Waals surface area contributed by atoms with Crippen molar-refractivity contribution in [1.29, 1.82) is 0 Å². The third kappa shape index (κ3) is 7.52. The quantitative estimate of drug-likeness (QED) is 0.146. The van der Waals surface area contributed by atoms with Crippen molar-refractivity contribution in [3.05, 3.63) is 234 Å². The molecule has 0 spiro atoms. The lowest BCUT2D eigenvalue weighted by atomic mass is 9.58. The molecule has 7 aromatic carbocycles. The lowest BCUT2D eigenvalue weighted by Crippen LogP contribution is -2.35. The Bertz CT molecular complexity index is 3100. The molecule has 340 valence electrons. The topological polar surface area (TPSA) is 0 Å². The number of fused-ring (bicyclic) bond motifs is 6. The normalized spacial score (nSPS) is 16.9. The van der Waals surface area contributed by atoms with E-state index in [1.54, 1.807) is 0 Å². The number of hydrogen-bond acceptors (Lipinski definition) is 0. The maximum Gasteiger partial charge on any atom is 0.0714 e. The molecule has 2 heteroatoms. The van der Waals surface area contributed by atoms with E-state index in [0.717, 1.165) is 14.5 Å². The molecule has 67 heavy (non-hydrogen) atoms. The van der Waals surface area contributed by atoms with Crippen molar-refractivity contribution in [3.8, 4) is 22.3 Å². The summed E-state index contributed by atoms with van der Waals surface area (Å²) in [6, 6.07) is 52.4. The number of benzene rings is 7. The molecule has 2 aliphatic carbocycles. The molecule has 0 heterocycles. The summed E-state index contributed by atoms with van der Waals surface area (Å²) in [6.45, 7) is 34.3. The van der Waals surface area contributed by atoms with E-state index >= 15 is 0 Å². The molecule has 7 aromatic rings. The summed E-state index contributed by atoms with van der Waals surface area (Å²) < 4.78 is 2.13. The molecule has 0 N–H and O–H groups in total. The van der Waals surface area contributed by atoms with Crippen LogP contribution < -0.4 is 0 Å². The zero-order valence-corrected chi connectivity index (χ0v) is 45.1. The molecule has 0 aromatic heterocycles. The summed E-state index contributed by atoms with van der Waals surface area (Å²) in [6.07, 6.45) is 6.95. The van der Waals surface area contributed by atoms with Gasteiger partial charge in [-0.15, -0.1) is 0 Å². The van der Waals surface area contributed by atoms with Crippen molar-refractivity contribution in [1.82, 2.24) is 0 Å². The van der Waals surface area contributed by atoms with Gasteiger partial charge in [0.15, 0.2) is 0 Å². The third-order valence-corrected chi connectivity index (χ3v) is 16.0. The summed E-state index contributed by atoms with van der Waals surface area (Å²) in [7, 11) is 0. The van der Waals surface area contributed by atoms with Gasteiger partial charge >= 0.3 is 0 Å². The van der Waals surface area contributed by atoms with Crippen LogP contribution in [0.2, 0.25) is 0 Å². The van der Waals surface area contributed by atoms with Gasteiger partial charge in [-0.25, -0.2) is 0 Å². The minimum absolute atomic E-state index is 0.00908. The van der Waals surface area contributed by atoms with E-state index in [1.807, 2.05) is 0 Å². The second kappa shape index (κ2) is 16.3. The molecule has 0 aliphatic heterocycles. The molecule has 1 atom stereocenters. The standard InChI is InChI=1S/C65H66Br2/c1-15-41(20-19-40(2)60(3,4)5)64(45-27-21-42(22-28-45)61(6,7)8)54-18-16-17-52-58-51-36-34-49(67)38-56(51)65(46-29-23-43(24-30-46)62(9,10)11,47-31-25-44(26-32-47)63(12,13)14)57(58)39-53(59(52)54)50-35-33-48(66)37-55(50)64/h15-39H,2H2,1,3-14H3/b20-19-,41-15+. The molecule has 0 fully saturated rings. The van der Waals surface area contributed by atoms with Gasteiger partial charge in [-0.05, 0) is 159 Å². The number of rotatable bonds is 6.